The van der Waals surface area contributed by atoms with Gasteiger partial charge in [0.25, 0.3) is 0 Å². The van der Waals surface area contributed by atoms with Crippen molar-refractivity contribution in [2.45, 2.75) is 19.3 Å². The van der Waals surface area contributed by atoms with Gasteiger partial charge in [-0.2, -0.15) is 0 Å². The lowest BCUT2D eigenvalue weighted by Crippen LogP contribution is -2.35. The number of aryl methyl sites for hydroxylation is 1. The number of rotatable bonds is 7. The Morgan fingerprint density at radius 2 is 2.41 bits per heavy atom. The van der Waals surface area contributed by atoms with E-state index in [1.165, 1.54) is 12.8 Å². The number of nitrogens with one attached hydrogen (secondary N) is 2. The molecule has 1 aromatic heterocycles. The highest BCUT2D eigenvalue weighted by Crippen LogP contribution is 2.27. The fourth-order valence-electron chi connectivity index (χ4n) is 1.68. The molecule has 1 aliphatic rings. The first-order valence-corrected chi connectivity index (χ1v) is 6.19. The summed E-state index contributed by atoms with van der Waals surface area (Å²) in [6.45, 7) is 2.03. The van der Waals surface area contributed by atoms with Crippen molar-refractivity contribution in [1.29, 1.82) is 0 Å². The SMILES string of the molecule is Cn1ccnc1CCNCC(=O)NCC1CC1. The molecule has 2 N–H and O–H groups in total. The third-order valence-electron chi connectivity index (χ3n) is 3.02. The molecule has 1 fully saturated rings. The van der Waals surface area contributed by atoms with E-state index in [9.17, 15) is 4.79 Å². The molecule has 0 unspecified atom stereocenters. The average Bonchev–Trinajstić information content (AvgIpc) is 3.06. The lowest BCUT2D eigenvalue weighted by molar-refractivity contribution is -0.120. The first kappa shape index (κ1) is 12.1. The summed E-state index contributed by atoms with van der Waals surface area (Å²) in [4.78, 5) is 15.6. The highest BCUT2D eigenvalue weighted by molar-refractivity contribution is 5.77. The highest BCUT2D eigenvalue weighted by atomic mass is 16.1. The van der Waals surface area contributed by atoms with Crippen LogP contribution in [0.3, 0.4) is 0 Å². The van der Waals surface area contributed by atoms with Crippen LogP contribution >= 0.6 is 0 Å². The van der Waals surface area contributed by atoms with Gasteiger partial charge in [-0.25, -0.2) is 4.98 Å². The van der Waals surface area contributed by atoms with Crippen molar-refractivity contribution >= 4 is 5.91 Å². The third-order valence-corrected chi connectivity index (χ3v) is 3.02. The molecule has 5 heteroatoms. The second-order valence-corrected chi connectivity index (χ2v) is 4.63. The topological polar surface area (TPSA) is 59.0 Å². The van der Waals surface area contributed by atoms with Gasteiger partial charge in [0.1, 0.15) is 5.82 Å². The number of carbonyl (C=O) groups excluding carboxylic acids is 1. The summed E-state index contributed by atoms with van der Waals surface area (Å²) in [6, 6.07) is 0. The van der Waals surface area contributed by atoms with Crippen LogP contribution in [0.5, 0.6) is 0 Å². The Bertz CT molecular complexity index is 370. The van der Waals surface area contributed by atoms with E-state index in [0.717, 1.165) is 31.3 Å². The van der Waals surface area contributed by atoms with Crippen LogP contribution in [-0.4, -0.2) is 35.1 Å². The van der Waals surface area contributed by atoms with Crippen LogP contribution in [0.15, 0.2) is 12.4 Å². The molecule has 0 bridgehead atoms. The number of hydrogen-bond acceptors (Lipinski definition) is 3. The number of nitrogens with zero attached hydrogens (tertiary/aromatic N) is 2. The van der Waals surface area contributed by atoms with Gasteiger partial charge in [0.2, 0.25) is 5.91 Å². The molecule has 5 nitrogen and oxygen atoms in total. The molecule has 1 aliphatic carbocycles. The summed E-state index contributed by atoms with van der Waals surface area (Å²) in [5.41, 5.74) is 0. The molecule has 1 saturated carbocycles. The van der Waals surface area contributed by atoms with Crippen molar-refractivity contribution < 1.29 is 4.79 Å². The zero-order valence-electron chi connectivity index (χ0n) is 10.3. The molecule has 1 heterocycles. The molecular weight excluding hydrogens is 216 g/mol. The minimum Gasteiger partial charge on any atom is -0.355 e. The van der Waals surface area contributed by atoms with E-state index in [2.05, 4.69) is 15.6 Å². The average molecular weight is 236 g/mol. The summed E-state index contributed by atoms with van der Waals surface area (Å²) < 4.78 is 1.99. The summed E-state index contributed by atoms with van der Waals surface area (Å²) in [7, 11) is 1.98. The molecule has 1 aromatic rings. The molecule has 94 valence electrons. The Labute approximate surface area is 102 Å². The Hall–Kier alpha value is -1.36. The maximum Gasteiger partial charge on any atom is 0.233 e. The summed E-state index contributed by atoms with van der Waals surface area (Å²) >= 11 is 0. The third kappa shape index (κ3) is 4.19. The van der Waals surface area contributed by atoms with E-state index in [-0.39, 0.29) is 5.91 Å². The molecular formula is C12H20N4O. The predicted octanol–water partition coefficient (Wildman–Crippen LogP) is 0.0784. The number of carbonyl (C=O) groups is 1. The zero-order valence-corrected chi connectivity index (χ0v) is 10.3. The lowest BCUT2D eigenvalue weighted by atomic mass is 10.4. The van der Waals surface area contributed by atoms with E-state index in [1.807, 2.05) is 17.8 Å². The molecule has 0 aliphatic heterocycles. The van der Waals surface area contributed by atoms with E-state index < -0.39 is 0 Å². The molecule has 17 heavy (non-hydrogen) atoms. The van der Waals surface area contributed by atoms with Crippen LogP contribution in [-0.2, 0) is 18.3 Å². The van der Waals surface area contributed by atoms with Crippen molar-refractivity contribution in [1.82, 2.24) is 20.2 Å². The number of aromatic nitrogens is 2. The quantitative estimate of drug-likeness (QED) is 0.659. The van der Waals surface area contributed by atoms with Crippen LogP contribution in [0, 0.1) is 5.92 Å². The van der Waals surface area contributed by atoms with Crippen LogP contribution in [0.4, 0.5) is 0 Å². The minimum atomic E-state index is 0.0942. The molecule has 0 saturated heterocycles. The molecule has 0 aromatic carbocycles. The summed E-state index contributed by atoms with van der Waals surface area (Å²) in [5, 5.41) is 6.06. The normalized spacial score (nSPS) is 14.9. The Morgan fingerprint density at radius 3 is 3.06 bits per heavy atom. The summed E-state index contributed by atoms with van der Waals surface area (Å²) in [5.74, 6) is 1.87. The van der Waals surface area contributed by atoms with E-state index in [1.54, 1.807) is 6.20 Å². The highest BCUT2D eigenvalue weighted by Gasteiger charge is 2.21. The van der Waals surface area contributed by atoms with E-state index >= 15 is 0 Å². The van der Waals surface area contributed by atoms with Gasteiger partial charge in [0, 0.05) is 39.0 Å². The van der Waals surface area contributed by atoms with Crippen LogP contribution in [0.25, 0.3) is 0 Å². The Kier molecular flexibility index (Phi) is 4.14. The van der Waals surface area contributed by atoms with Gasteiger partial charge in [-0.1, -0.05) is 0 Å². The van der Waals surface area contributed by atoms with Crippen molar-refractivity contribution in [3.63, 3.8) is 0 Å². The predicted molar refractivity (Wildman–Crippen MR) is 65.5 cm³/mol. The van der Waals surface area contributed by atoms with Gasteiger partial charge in [-0.3, -0.25) is 4.79 Å². The van der Waals surface area contributed by atoms with Crippen molar-refractivity contribution in [2.24, 2.45) is 13.0 Å². The number of imidazole rings is 1. The fraction of sp³-hybridized carbons (Fsp3) is 0.667. The minimum absolute atomic E-state index is 0.0942. The zero-order chi connectivity index (χ0) is 12.1. The maximum absolute atomic E-state index is 11.4. The first-order valence-electron chi connectivity index (χ1n) is 6.19. The maximum atomic E-state index is 11.4. The van der Waals surface area contributed by atoms with Gasteiger partial charge < -0.3 is 15.2 Å². The summed E-state index contributed by atoms with van der Waals surface area (Å²) in [6.07, 6.45) is 7.11. The second-order valence-electron chi connectivity index (χ2n) is 4.63. The molecule has 1 amide bonds. The fourth-order valence-corrected chi connectivity index (χ4v) is 1.68. The molecule has 0 spiro atoms. The van der Waals surface area contributed by atoms with Gasteiger partial charge in [-0.15, -0.1) is 0 Å². The second kappa shape index (κ2) is 5.82. The van der Waals surface area contributed by atoms with Crippen molar-refractivity contribution in [3.8, 4) is 0 Å². The Balaban J connectivity index is 1.53. The van der Waals surface area contributed by atoms with Gasteiger partial charge in [0.15, 0.2) is 0 Å². The number of hydrogen-bond donors (Lipinski definition) is 2. The van der Waals surface area contributed by atoms with Crippen molar-refractivity contribution in [2.75, 3.05) is 19.6 Å². The van der Waals surface area contributed by atoms with Gasteiger partial charge in [-0.05, 0) is 18.8 Å². The molecule has 0 atom stereocenters. The molecule has 0 radical (unpaired) electrons. The standard InChI is InChI=1S/C12H20N4O/c1-16-7-6-14-11(16)4-5-13-9-12(17)15-8-10-2-3-10/h6-7,10,13H,2-5,8-9H2,1H3,(H,15,17). The van der Waals surface area contributed by atoms with Gasteiger partial charge in [0.05, 0.1) is 6.54 Å². The largest absolute Gasteiger partial charge is 0.355 e. The van der Waals surface area contributed by atoms with Gasteiger partial charge >= 0.3 is 0 Å². The van der Waals surface area contributed by atoms with Crippen LogP contribution in [0.1, 0.15) is 18.7 Å². The first-order chi connectivity index (χ1) is 8.25. The van der Waals surface area contributed by atoms with Crippen molar-refractivity contribution in [3.05, 3.63) is 18.2 Å². The van der Waals surface area contributed by atoms with Crippen LogP contribution in [0.2, 0.25) is 0 Å². The molecule has 2 rings (SSSR count). The van der Waals surface area contributed by atoms with E-state index in [4.69, 9.17) is 0 Å². The monoisotopic (exact) mass is 236 g/mol. The Morgan fingerprint density at radius 1 is 1.59 bits per heavy atom. The van der Waals surface area contributed by atoms with E-state index in [0.29, 0.717) is 6.54 Å². The number of amides is 1. The van der Waals surface area contributed by atoms with Crippen LogP contribution < -0.4 is 10.6 Å². The smallest absolute Gasteiger partial charge is 0.233 e. The lowest BCUT2D eigenvalue weighted by Gasteiger charge is -2.06.